The van der Waals surface area contributed by atoms with E-state index in [-0.39, 0.29) is 4.90 Å². The summed E-state index contributed by atoms with van der Waals surface area (Å²) in [6.45, 7) is 3.34. The molecule has 0 unspecified atom stereocenters. The van der Waals surface area contributed by atoms with Crippen LogP contribution in [0, 0.1) is 0 Å². The largest absolute Gasteiger partial charge is 0.378 e. The molecule has 0 aromatic heterocycles. The number of nitrogens with zero attached hydrogens (tertiary/aromatic N) is 2. The highest BCUT2D eigenvalue weighted by Gasteiger charge is 2.10. The molecule has 1 heterocycles. The number of rotatable bonds is 4. The van der Waals surface area contributed by atoms with Crippen LogP contribution in [0.4, 0.5) is 11.4 Å². The number of ether oxygens (including phenoxy) is 1. The first-order chi connectivity index (χ1) is 11.5. The van der Waals surface area contributed by atoms with Gasteiger partial charge in [0.2, 0.25) is 10.0 Å². The molecule has 0 aliphatic carbocycles. The summed E-state index contributed by atoms with van der Waals surface area (Å²) in [4.78, 5) is 6.72. The van der Waals surface area contributed by atoms with Gasteiger partial charge in [-0.3, -0.25) is 4.99 Å². The zero-order valence-corrected chi connectivity index (χ0v) is 13.9. The van der Waals surface area contributed by atoms with Gasteiger partial charge in [-0.25, -0.2) is 13.6 Å². The minimum atomic E-state index is -3.67. The van der Waals surface area contributed by atoms with Crippen molar-refractivity contribution in [1.82, 2.24) is 0 Å². The first kappa shape index (κ1) is 16.6. The third-order valence-corrected chi connectivity index (χ3v) is 4.73. The van der Waals surface area contributed by atoms with E-state index in [9.17, 15) is 8.42 Å². The highest BCUT2D eigenvalue weighted by atomic mass is 32.2. The third kappa shape index (κ3) is 4.19. The summed E-state index contributed by atoms with van der Waals surface area (Å²) in [5, 5.41) is 5.07. The first-order valence-electron chi connectivity index (χ1n) is 7.62. The molecule has 1 aliphatic heterocycles. The van der Waals surface area contributed by atoms with Crippen LogP contribution in [0.5, 0.6) is 0 Å². The molecule has 7 heteroatoms. The van der Waals surface area contributed by atoms with Gasteiger partial charge in [0.1, 0.15) is 0 Å². The Bertz CT molecular complexity index is 809. The van der Waals surface area contributed by atoms with Gasteiger partial charge >= 0.3 is 0 Å². The molecule has 2 aromatic carbocycles. The van der Waals surface area contributed by atoms with E-state index in [1.54, 1.807) is 18.3 Å². The van der Waals surface area contributed by atoms with Crippen LogP contribution >= 0.6 is 0 Å². The van der Waals surface area contributed by atoms with E-state index in [0.29, 0.717) is 5.69 Å². The molecule has 2 aromatic rings. The molecule has 2 N–H and O–H groups in total. The van der Waals surface area contributed by atoms with Crippen molar-refractivity contribution >= 4 is 27.6 Å². The van der Waals surface area contributed by atoms with Gasteiger partial charge in [0.25, 0.3) is 0 Å². The van der Waals surface area contributed by atoms with Crippen LogP contribution in [0.25, 0.3) is 0 Å². The highest BCUT2D eigenvalue weighted by molar-refractivity contribution is 7.89. The van der Waals surface area contributed by atoms with Crippen LogP contribution in [-0.2, 0) is 14.8 Å². The maximum absolute atomic E-state index is 11.2. The number of benzene rings is 2. The molecule has 1 aliphatic rings. The van der Waals surface area contributed by atoms with Gasteiger partial charge in [0.15, 0.2) is 0 Å². The Kier molecular flexibility index (Phi) is 4.94. The Balaban J connectivity index is 1.68. The number of sulfonamides is 1. The Hall–Kier alpha value is -2.22. The highest BCUT2D eigenvalue weighted by Crippen LogP contribution is 2.18. The van der Waals surface area contributed by atoms with Crippen molar-refractivity contribution in [3.63, 3.8) is 0 Å². The van der Waals surface area contributed by atoms with Crippen LogP contribution in [0.1, 0.15) is 5.56 Å². The molecule has 0 amide bonds. The molecule has 0 atom stereocenters. The average molecular weight is 345 g/mol. The minimum absolute atomic E-state index is 0.0799. The number of aliphatic imine (C=N–C) groups is 1. The zero-order valence-electron chi connectivity index (χ0n) is 13.1. The lowest BCUT2D eigenvalue weighted by Gasteiger charge is -2.28. The Morgan fingerprint density at radius 3 is 2.21 bits per heavy atom. The summed E-state index contributed by atoms with van der Waals surface area (Å²) in [7, 11) is -3.67. The van der Waals surface area contributed by atoms with E-state index < -0.39 is 10.0 Å². The molecule has 0 spiro atoms. The van der Waals surface area contributed by atoms with Gasteiger partial charge in [-0.2, -0.15) is 0 Å². The fourth-order valence-electron chi connectivity index (χ4n) is 2.46. The smallest absolute Gasteiger partial charge is 0.238 e. The van der Waals surface area contributed by atoms with Crippen LogP contribution < -0.4 is 10.0 Å². The van der Waals surface area contributed by atoms with Crippen molar-refractivity contribution in [2.75, 3.05) is 31.2 Å². The lowest BCUT2D eigenvalue weighted by atomic mass is 10.2. The molecule has 6 nitrogen and oxygen atoms in total. The predicted octanol–water partition coefficient (Wildman–Crippen LogP) is 1.92. The molecular formula is C17H19N3O3S. The van der Waals surface area contributed by atoms with Gasteiger partial charge in [-0.05, 0) is 42.0 Å². The Labute approximate surface area is 141 Å². The van der Waals surface area contributed by atoms with E-state index in [2.05, 4.69) is 22.0 Å². The summed E-state index contributed by atoms with van der Waals surface area (Å²) in [5.74, 6) is 0. The summed E-state index contributed by atoms with van der Waals surface area (Å²) >= 11 is 0. The number of nitrogens with two attached hydrogens (primary N) is 1. The van der Waals surface area contributed by atoms with E-state index in [1.807, 2.05) is 12.1 Å². The van der Waals surface area contributed by atoms with Gasteiger partial charge in [-0.1, -0.05) is 12.1 Å². The normalized spacial score (nSPS) is 15.8. The summed E-state index contributed by atoms with van der Waals surface area (Å²) < 4.78 is 27.8. The predicted molar refractivity (Wildman–Crippen MR) is 94.5 cm³/mol. The van der Waals surface area contributed by atoms with E-state index in [4.69, 9.17) is 9.88 Å². The summed E-state index contributed by atoms with van der Waals surface area (Å²) in [6, 6.07) is 14.3. The van der Waals surface area contributed by atoms with Gasteiger partial charge < -0.3 is 9.64 Å². The lowest BCUT2D eigenvalue weighted by Crippen LogP contribution is -2.36. The molecule has 126 valence electrons. The number of primary sulfonamides is 1. The van der Waals surface area contributed by atoms with Crippen LogP contribution in [-0.4, -0.2) is 40.9 Å². The second kappa shape index (κ2) is 7.12. The molecule has 0 bridgehead atoms. The van der Waals surface area contributed by atoms with Crippen LogP contribution in [0.3, 0.4) is 0 Å². The first-order valence-corrected chi connectivity index (χ1v) is 9.17. The second-order valence-corrected chi connectivity index (χ2v) is 7.05. The van der Waals surface area contributed by atoms with Crippen molar-refractivity contribution in [2.45, 2.75) is 4.90 Å². The third-order valence-electron chi connectivity index (χ3n) is 3.80. The number of morpholine rings is 1. The second-order valence-electron chi connectivity index (χ2n) is 5.49. The molecule has 1 saturated heterocycles. The topological polar surface area (TPSA) is 85.0 Å². The van der Waals surface area contributed by atoms with Crippen LogP contribution in [0.2, 0.25) is 0 Å². The van der Waals surface area contributed by atoms with Crippen molar-refractivity contribution in [2.24, 2.45) is 10.1 Å². The van der Waals surface area contributed by atoms with Crippen molar-refractivity contribution in [3.05, 3.63) is 54.1 Å². The Morgan fingerprint density at radius 2 is 1.62 bits per heavy atom. The zero-order chi connectivity index (χ0) is 17.0. The molecule has 24 heavy (non-hydrogen) atoms. The lowest BCUT2D eigenvalue weighted by molar-refractivity contribution is 0.122. The van der Waals surface area contributed by atoms with Crippen LogP contribution in [0.15, 0.2) is 58.4 Å². The fraction of sp³-hybridized carbons (Fsp3) is 0.235. The number of hydrogen-bond acceptors (Lipinski definition) is 5. The summed E-state index contributed by atoms with van der Waals surface area (Å²) in [5.41, 5.74) is 2.81. The van der Waals surface area contributed by atoms with Gasteiger partial charge in [0.05, 0.1) is 23.8 Å². The standard InChI is InChI=1S/C17H19N3O3S/c18-24(21,22)17-7-3-15(4-8-17)19-13-14-1-5-16(6-2-14)20-9-11-23-12-10-20/h1-8,13H,9-12H2,(H2,18,21,22). The molecule has 0 radical (unpaired) electrons. The SMILES string of the molecule is NS(=O)(=O)c1ccc(N=Cc2ccc(N3CCOCC3)cc2)cc1. The van der Waals surface area contributed by atoms with Gasteiger partial charge in [-0.15, -0.1) is 0 Å². The Morgan fingerprint density at radius 1 is 1.00 bits per heavy atom. The molecular weight excluding hydrogens is 326 g/mol. The number of anilines is 1. The summed E-state index contributed by atoms with van der Waals surface area (Å²) in [6.07, 6.45) is 1.75. The van der Waals surface area contributed by atoms with Crippen molar-refractivity contribution in [3.8, 4) is 0 Å². The van der Waals surface area contributed by atoms with Crippen molar-refractivity contribution < 1.29 is 13.2 Å². The van der Waals surface area contributed by atoms with E-state index >= 15 is 0 Å². The van der Waals surface area contributed by atoms with E-state index in [1.165, 1.54) is 17.8 Å². The average Bonchev–Trinajstić information content (AvgIpc) is 2.61. The van der Waals surface area contributed by atoms with Gasteiger partial charge in [0, 0.05) is 25.0 Å². The maximum Gasteiger partial charge on any atom is 0.238 e. The molecule has 0 saturated carbocycles. The fourth-order valence-corrected chi connectivity index (χ4v) is 2.98. The maximum atomic E-state index is 11.2. The minimum Gasteiger partial charge on any atom is -0.378 e. The number of hydrogen-bond donors (Lipinski definition) is 1. The van der Waals surface area contributed by atoms with E-state index in [0.717, 1.165) is 31.9 Å². The quantitative estimate of drug-likeness (QED) is 0.858. The molecule has 3 rings (SSSR count). The van der Waals surface area contributed by atoms with Crippen molar-refractivity contribution in [1.29, 1.82) is 0 Å². The molecule has 1 fully saturated rings. The monoisotopic (exact) mass is 345 g/mol.